The Balaban J connectivity index is 1.87. The van der Waals surface area contributed by atoms with Gasteiger partial charge >= 0.3 is 0 Å². The number of aromatic nitrogens is 1. The van der Waals surface area contributed by atoms with Gasteiger partial charge in [-0.05, 0) is 53.1 Å². The van der Waals surface area contributed by atoms with E-state index in [0.29, 0.717) is 6.42 Å². The predicted molar refractivity (Wildman–Crippen MR) is 124 cm³/mol. The van der Waals surface area contributed by atoms with Gasteiger partial charge in [0.15, 0.2) is 0 Å². The Hall–Kier alpha value is -3.79. The Kier molecular flexibility index (Phi) is 6.18. The van der Waals surface area contributed by atoms with Crippen molar-refractivity contribution >= 4 is 0 Å². The molecule has 3 aromatic carbocycles. The quantitative estimate of drug-likeness (QED) is 0.372. The van der Waals surface area contributed by atoms with Gasteiger partial charge in [-0.15, -0.1) is 0 Å². The highest BCUT2D eigenvalue weighted by atomic mass is 16.5. The molecule has 0 aliphatic heterocycles. The maximum atomic E-state index is 5.66. The van der Waals surface area contributed by atoms with Crippen LogP contribution in [0.2, 0.25) is 0 Å². The van der Waals surface area contributed by atoms with E-state index < -0.39 is 0 Å². The Morgan fingerprint density at radius 2 is 1.29 bits per heavy atom. The van der Waals surface area contributed by atoms with E-state index in [1.165, 1.54) is 5.56 Å². The van der Waals surface area contributed by atoms with E-state index in [1.807, 2.05) is 48.7 Å². The third kappa shape index (κ3) is 4.38. The number of nitrogens with zero attached hydrogens (tertiary/aromatic N) is 1. The van der Waals surface area contributed by atoms with Crippen molar-refractivity contribution < 1.29 is 14.2 Å². The molecule has 1 heterocycles. The van der Waals surface area contributed by atoms with Crippen LogP contribution in [0.1, 0.15) is 11.3 Å². The van der Waals surface area contributed by atoms with Gasteiger partial charge in [-0.2, -0.15) is 0 Å². The van der Waals surface area contributed by atoms with Crippen LogP contribution in [-0.2, 0) is 6.42 Å². The molecule has 0 saturated carbocycles. The minimum atomic E-state index is 0.703. The van der Waals surface area contributed by atoms with Gasteiger partial charge in [0.1, 0.15) is 17.2 Å². The average Bonchev–Trinajstić information content (AvgIpc) is 2.84. The first-order valence-electron chi connectivity index (χ1n) is 10.1. The first kappa shape index (κ1) is 20.5. The van der Waals surface area contributed by atoms with Crippen molar-refractivity contribution in [1.82, 2.24) is 4.98 Å². The predicted octanol–water partition coefficient (Wildman–Crippen LogP) is 6.03. The van der Waals surface area contributed by atoms with Crippen molar-refractivity contribution in [2.75, 3.05) is 21.3 Å². The lowest BCUT2D eigenvalue weighted by atomic mass is 9.91. The van der Waals surface area contributed by atoms with E-state index in [-0.39, 0.29) is 0 Å². The minimum absolute atomic E-state index is 0.703. The summed E-state index contributed by atoms with van der Waals surface area (Å²) < 4.78 is 16.3. The molecule has 0 radical (unpaired) electrons. The summed E-state index contributed by atoms with van der Waals surface area (Å²) in [6, 6.07) is 26.3. The zero-order chi connectivity index (χ0) is 21.6. The fraction of sp³-hybridized carbons (Fsp3) is 0.148. The molecule has 0 aliphatic carbocycles. The van der Waals surface area contributed by atoms with Gasteiger partial charge in [0.2, 0.25) is 0 Å². The van der Waals surface area contributed by atoms with Crippen LogP contribution < -0.4 is 14.2 Å². The molecule has 4 aromatic rings. The second kappa shape index (κ2) is 9.35. The second-order valence-electron chi connectivity index (χ2n) is 7.13. The smallest absolute Gasteiger partial charge is 0.126 e. The molecule has 0 saturated heterocycles. The molecular weight excluding hydrogens is 386 g/mol. The van der Waals surface area contributed by atoms with Crippen LogP contribution in [0.15, 0.2) is 85.1 Å². The van der Waals surface area contributed by atoms with Crippen molar-refractivity contribution in [1.29, 1.82) is 0 Å². The maximum Gasteiger partial charge on any atom is 0.126 e. The zero-order valence-electron chi connectivity index (χ0n) is 18.0. The minimum Gasteiger partial charge on any atom is -0.497 e. The van der Waals surface area contributed by atoms with Crippen molar-refractivity contribution in [2.45, 2.75) is 6.42 Å². The molecule has 0 atom stereocenters. The number of ether oxygens (including phenoxy) is 3. The van der Waals surface area contributed by atoms with Crippen molar-refractivity contribution in [3.8, 4) is 39.5 Å². The molecule has 4 nitrogen and oxygen atoms in total. The highest BCUT2D eigenvalue weighted by Crippen LogP contribution is 2.39. The van der Waals surface area contributed by atoms with E-state index >= 15 is 0 Å². The summed E-state index contributed by atoms with van der Waals surface area (Å²) >= 11 is 0. The molecule has 4 rings (SSSR count). The van der Waals surface area contributed by atoms with E-state index in [9.17, 15) is 0 Å². The first-order valence-corrected chi connectivity index (χ1v) is 10.1. The molecule has 0 N–H and O–H groups in total. The van der Waals surface area contributed by atoms with Crippen molar-refractivity contribution in [3.05, 3.63) is 96.3 Å². The van der Waals surface area contributed by atoms with E-state index in [2.05, 4.69) is 36.4 Å². The molecule has 0 spiro atoms. The second-order valence-corrected chi connectivity index (χ2v) is 7.13. The zero-order valence-corrected chi connectivity index (χ0v) is 18.0. The van der Waals surface area contributed by atoms with Gasteiger partial charge in [0, 0.05) is 23.7 Å². The van der Waals surface area contributed by atoms with Crippen LogP contribution in [0.4, 0.5) is 0 Å². The van der Waals surface area contributed by atoms with Gasteiger partial charge in [-0.1, -0.05) is 42.5 Å². The summed E-state index contributed by atoms with van der Waals surface area (Å²) in [6.07, 6.45) is 2.57. The lowest BCUT2D eigenvalue weighted by molar-refractivity contribution is 0.414. The van der Waals surface area contributed by atoms with Crippen molar-refractivity contribution in [3.63, 3.8) is 0 Å². The van der Waals surface area contributed by atoms with Crippen molar-refractivity contribution in [2.24, 2.45) is 0 Å². The highest BCUT2D eigenvalue weighted by Gasteiger charge is 2.17. The Labute approximate surface area is 183 Å². The van der Waals surface area contributed by atoms with Crippen LogP contribution in [0.25, 0.3) is 22.3 Å². The summed E-state index contributed by atoms with van der Waals surface area (Å²) in [6.45, 7) is 0. The van der Waals surface area contributed by atoms with Crippen LogP contribution in [0, 0.1) is 0 Å². The number of pyridine rings is 1. The SMILES string of the molecule is COc1ccc(Cc2nccc(-c3ccccc3OC)c2-c2ccc(OC)cc2)cc1. The van der Waals surface area contributed by atoms with Gasteiger partial charge in [-0.25, -0.2) is 0 Å². The fourth-order valence-electron chi connectivity index (χ4n) is 3.75. The van der Waals surface area contributed by atoms with Crippen LogP contribution in [0.5, 0.6) is 17.2 Å². The molecule has 0 aliphatic rings. The maximum absolute atomic E-state index is 5.66. The summed E-state index contributed by atoms with van der Waals surface area (Å²) in [7, 11) is 5.05. The molecule has 0 fully saturated rings. The third-order valence-corrected chi connectivity index (χ3v) is 5.34. The Morgan fingerprint density at radius 3 is 1.94 bits per heavy atom. The number of hydrogen-bond donors (Lipinski definition) is 0. The molecule has 0 unspecified atom stereocenters. The van der Waals surface area contributed by atoms with Crippen LogP contribution in [-0.4, -0.2) is 26.3 Å². The molecule has 1 aromatic heterocycles. The number of para-hydroxylation sites is 1. The normalized spacial score (nSPS) is 10.5. The van der Waals surface area contributed by atoms with E-state index in [0.717, 1.165) is 45.2 Å². The van der Waals surface area contributed by atoms with Gasteiger partial charge in [-0.3, -0.25) is 4.98 Å². The highest BCUT2D eigenvalue weighted by molar-refractivity contribution is 5.87. The molecule has 4 heteroatoms. The van der Waals surface area contributed by atoms with Crippen LogP contribution >= 0.6 is 0 Å². The largest absolute Gasteiger partial charge is 0.497 e. The standard InChI is InChI=1S/C27H25NO3/c1-29-21-12-8-19(9-13-21)18-25-27(20-10-14-22(30-2)15-11-20)24(16-17-28-25)23-6-4-5-7-26(23)31-3/h4-17H,18H2,1-3H3. The topological polar surface area (TPSA) is 40.6 Å². The van der Waals surface area contributed by atoms with E-state index in [1.54, 1.807) is 21.3 Å². The fourth-order valence-corrected chi connectivity index (χ4v) is 3.75. The molecule has 31 heavy (non-hydrogen) atoms. The summed E-state index contributed by atoms with van der Waals surface area (Å²) in [5.74, 6) is 2.50. The molecular formula is C27H25NO3. The lowest BCUT2D eigenvalue weighted by Crippen LogP contribution is -2.00. The van der Waals surface area contributed by atoms with E-state index in [4.69, 9.17) is 19.2 Å². The summed E-state index contributed by atoms with van der Waals surface area (Å²) in [5.41, 5.74) is 6.46. The Morgan fingerprint density at radius 1 is 0.645 bits per heavy atom. The first-order chi connectivity index (χ1) is 15.2. The van der Waals surface area contributed by atoms with Gasteiger partial charge < -0.3 is 14.2 Å². The summed E-state index contributed by atoms with van der Waals surface area (Å²) in [5, 5.41) is 0. The number of hydrogen-bond acceptors (Lipinski definition) is 4. The average molecular weight is 412 g/mol. The molecule has 156 valence electrons. The molecule has 0 amide bonds. The number of benzene rings is 3. The monoisotopic (exact) mass is 411 g/mol. The van der Waals surface area contributed by atoms with Gasteiger partial charge in [0.05, 0.1) is 27.0 Å². The summed E-state index contributed by atoms with van der Waals surface area (Å²) in [4.78, 5) is 4.77. The Bertz CT molecular complexity index is 1150. The molecule has 0 bridgehead atoms. The number of rotatable bonds is 7. The van der Waals surface area contributed by atoms with Crippen LogP contribution in [0.3, 0.4) is 0 Å². The lowest BCUT2D eigenvalue weighted by Gasteiger charge is -2.17. The number of methoxy groups -OCH3 is 3. The van der Waals surface area contributed by atoms with Gasteiger partial charge in [0.25, 0.3) is 0 Å². The third-order valence-electron chi connectivity index (χ3n) is 5.34.